The molecule has 2 aromatic carbocycles. The van der Waals surface area contributed by atoms with Crippen molar-refractivity contribution >= 4 is 38.0 Å². The number of anilines is 1. The van der Waals surface area contributed by atoms with E-state index >= 15 is 0 Å². The Kier molecular flexibility index (Phi) is 6.62. The van der Waals surface area contributed by atoms with Gasteiger partial charge in [-0.3, -0.25) is 14.3 Å². The van der Waals surface area contributed by atoms with Gasteiger partial charge in [-0.15, -0.1) is 11.3 Å². The van der Waals surface area contributed by atoms with Gasteiger partial charge in [-0.1, -0.05) is 6.07 Å². The van der Waals surface area contributed by atoms with E-state index in [-0.39, 0.29) is 12.3 Å². The number of unbranched alkanes of at least 4 members (excludes halogenated alkanes) is 1. The molecule has 3 heterocycles. The van der Waals surface area contributed by atoms with E-state index in [4.69, 9.17) is 4.74 Å². The van der Waals surface area contributed by atoms with Gasteiger partial charge in [0.1, 0.15) is 12.5 Å². The first-order valence-electron chi connectivity index (χ1n) is 11.5. The topological polar surface area (TPSA) is 57.9 Å². The Morgan fingerprint density at radius 1 is 0.970 bits per heavy atom. The number of nitrogens with zero attached hydrogens (tertiary/aromatic N) is 3. The Labute approximate surface area is 197 Å². The smallest absolute Gasteiger partial charge is 0.252 e. The molecular formula is C26H29N3O3S. The van der Waals surface area contributed by atoms with Crippen LogP contribution in [-0.2, 0) is 6.73 Å². The van der Waals surface area contributed by atoms with Crippen molar-refractivity contribution in [1.82, 2.24) is 9.47 Å². The van der Waals surface area contributed by atoms with Crippen molar-refractivity contribution < 1.29 is 9.84 Å². The van der Waals surface area contributed by atoms with E-state index in [2.05, 4.69) is 39.4 Å². The summed E-state index contributed by atoms with van der Waals surface area (Å²) in [7, 11) is 0. The molecule has 7 heteroatoms. The fourth-order valence-corrected chi connectivity index (χ4v) is 5.40. The number of benzene rings is 2. The Hall–Kier alpha value is -2.87. The number of piperazine rings is 1. The van der Waals surface area contributed by atoms with E-state index in [0.717, 1.165) is 56.7 Å². The van der Waals surface area contributed by atoms with E-state index in [0.29, 0.717) is 12.1 Å². The van der Waals surface area contributed by atoms with Crippen molar-refractivity contribution in [1.29, 1.82) is 0 Å². The molecule has 1 N–H and O–H groups in total. The number of ether oxygens (including phenoxy) is 1. The van der Waals surface area contributed by atoms with Crippen LogP contribution < -0.4 is 15.2 Å². The van der Waals surface area contributed by atoms with Crippen molar-refractivity contribution in [3.05, 3.63) is 70.3 Å². The summed E-state index contributed by atoms with van der Waals surface area (Å²) in [5, 5.41) is 14.0. The average Bonchev–Trinajstić information content (AvgIpc) is 3.33. The van der Waals surface area contributed by atoms with Gasteiger partial charge >= 0.3 is 0 Å². The first kappa shape index (κ1) is 21.9. The third kappa shape index (κ3) is 4.76. The fourth-order valence-electron chi connectivity index (χ4n) is 4.60. The normalized spacial score (nSPS) is 14.9. The maximum Gasteiger partial charge on any atom is 0.252 e. The molecule has 0 unspecified atom stereocenters. The number of hydrogen-bond acceptors (Lipinski definition) is 6. The first-order chi connectivity index (χ1) is 16.2. The summed E-state index contributed by atoms with van der Waals surface area (Å²) in [5.41, 5.74) is 1.84. The van der Waals surface area contributed by atoms with Gasteiger partial charge in [0.25, 0.3) is 5.56 Å². The summed E-state index contributed by atoms with van der Waals surface area (Å²) in [6, 6.07) is 17.8. The molecule has 1 fully saturated rings. The quantitative estimate of drug-likeness (QED) is 0.398. The minimum atomic E-state index is -0.338. The van der Waals surface area contributed by atoms with Gasteiger partial charge in [0.05, 0.1) is 12.1 Å². The molecule has 1 aliphatic rings. The van der Waals surface area contributed by atoms with Gasteiger partial charge in [0, 0.05) is 54.1 Å². The van der Waals surface area contributed by atoms with Crippen LogP contribution in [0.2, 0.25) is 0 Å². The lowest BCUT2D eigenvalue weighted by Crippen LogP contribution is -2.46. The second kappa shape index (κ2) is 9.95. The predicted octanol–water partition coefficient (Wildman–Crippen LogP) is 4.15. The monoisotopic (exact) mass is 463 g/mol. The largest absolute Gasteiger partial charge is 0.494 e. The van der Waals surface area contributed by atoms with Crippen LogP contribution in [0.1, 0.15) is 12.8 Å². The molecule has 1 aliphatic heterocycles. The van der Waals surface area contributed by atoms with Crippen molar-refractivity contribution in [3.8, 4) is 5.75 Å². The van der Waals surface area contributed by atoms with Gasteiger partial charge in [-0.2, -0.15) is 0 Å². The molecule has 0 amide bonds. The third-order valence-electron chi connectivity index (χ3n) is 6.43. The van der Waals surface area contributed by atoms with Crippen LogP contribution in [-0.4, -0.2) is 53.9 Å². The lowest BCUT2D eigenvalue weighted by molar-refractivity contribution is 0.211. The number of aromatic nitrogens is 1. The SMILES string of the molecule is O=c1ccc2ccc(OCCCCN3CCN(c4cccc5sccc45)CC3)cc2n1CO. The number of aliphatic hydroxyl groups is 1. The minimum Gasteiger partial charge on any atom is -0.494 e. The standard InChI is InChI=1S/C26H29N3O3S/c30-19-29-24-18-21(8-6-20(24)7-9-26(29)31)32-16-2-1-11-27-12-14-28(15-13-27)23-4-3-5-25-22(23)10-17-33-25/h3-10,17-18,30H,1-2,11-16,19H2. The molecule has 6 nitrogen and oxygen atoms in total. The van der Waals surface area contributed by atoms with Gasteiger partial charge in [0.15, 0.2) is 0 Å². The van der Waals surface area contributed by atoms with Crippen LogP contribution >= 0.6 is 11.3 Å². The first-order valence-corrected chi connectivity index (χ1v) is 12.4. The van der Waals surface area contributed by atoms with Crippen LogP contribution in [0.15, 0.2) is 64.8 Å². The molecule has 4 aromatic rings. The highest BCUT2D eigenvalue weighted by Crippen LogP contribution is 2.31. The van der Waals surface area contributed by atoms with Crippen molar-refractivity contribution in [2.45, 2.75) is 19.6 Å². The Morgan fingerprint density at radius 3 is 2.67 bits per heavy atom. The van der Waals surface area contributed by atoms with Gasteiger partial charge in [-0.05, 0) is 66.6 Å². The third-order valence-corrected chi connectivity index (χ3v) is 7.31. The number of aliphatic hydroxyl groups excluding tert-OH is 1. The molecule has 0 aliphatic carbocycles. The summed E-state index contributed by atoms with van der Waals surface area (Å²) in [5.74, 6) is 0.728. The molecule has 0 saturated carbocycles. The second-order valence-electron chi connectivity index (χ2n) is 8.46. The zero-order chi connectivity index (χ0) is 22.6. The van der Waals surface area contributed by atoms with E-state index in [1.165, 1.54) is 26.4 Å². The fraction of sp³-hybridized carbons (Fsp3) is 0.346. The highest BCUT2D eigenvalue weighted by atomic mass is 32.1. The van der Waals surface area contributed by atoms with Gasteiger partial charge < -0.3 is 14.7 Å². The molecule has 5 rings (SSSR count). The van der Waals surface area contributed by atoms with E-state index < -0.39 is 0 Å². The number of rotatable bonds is 8. The Balaban J connectivity index is 1.07. The molecular weight excluding hydrogens is 434 g/mol. The molecule has 172 valence electrons. The molecule has 0 bridgehead atoms. The number of pyridine rings is 1. The average molecular weight is 464 g/mol. The van der Waals surface area contributed by atoms with Crippen LogP contribution in [0.4, 0.5) is 5.69 Å². The number of fused-ring (bicyclic) bond motifs is 2. The van der Waals surface area contributed by atoms with E-state index in [1.807, 2.05) is 29.5 Å². The summed E-state index contributed by atoms with van der Waals surface area (Å²) in [4.78, 5) is 17.0. The summed E-state index contributed by atoms with van der Waals surface area (Å²) in [6.07, 6.45) is 2.07. The molecule has 0 radical (unpaired) electrons. The lowest BCUT2D eigenvalue weighted by Gasteiger charge is -2.36. The molecule has 33 heavy (non-hydrogen) atoms. The Bertz CT molecular complexity index is 1290. The van der Waals surface area contributed by atoms with Crippen molar-refractivity contribution in [2.75, 3.05) is 44.2 Å². The maximum absolute atomic E-state index is 11.9. The molecule has 1 saturated heterocycles. The second-order valence-corrected chi connectivity index (χ2v) is 9.40. The van der Waals surface area contributed by atoms with Gasteiger partial charge in [0.2, 0.25) is 0 Å². The summed E-state index contributed by atoms with van der Waals surface area (Å²) in [6.45, 7) is 5.69. The summed E-state index contributed by atoms with van der Waals surface area (Å²) >= 11 is 1.81. The van der Waals surface area contributed by atoms with Crippen molar-refractivity contribution in [2.24, 2.45) is 0 Å². The predicted molar refractivity (Wildman–Crippen MR) is 136 cm³/mol. The van der Waals surface area contributed by atoms with Crippen LogP contribution in [0.5, 0.6) is 5.75 Å². The zero-order valence-corrected chi connectivity index (χ0v) is 19.5. The highest BCUT2D eigenvalue weighted by Gasteiger charge is 2.18. The van der Waals surface area contributed by atoms with Crippen LogP contribution in [0, 0.1) is 0 Å². The Morgan fingerprint density at radius 2 is 1.82 bits per heavy atom. The molecule has 0 spiro atoms. The number of thiophene rings is 1. The van der Waals surface area contributed by atoms with Gasteiger partial charge in [-0.25, -0.2) is 0 Å². The van der Waals surface area contributed by atoms with E-state index in [1.54, 1.807) is 6.07 Å². The molecule has 2 aromatic heterocycles. The van der Waals surface area contributed by atoms with Crippen LogP contribution in [0.3, 0.4) is 0 Å². The zero-order valence-electron chi connectivity index (χ0n) is 18.7. The number of hydrogen-bond donors (Lipinski definition) is 1. The minimum absolute atomic E-state index is 0.214. The maximum atomic E-state index is 11.9. The van der Waals surface area contributed by atoms with E-state index in [9.17, 15) is 9.90 Å². The van der Waals surface area contributed by atoms with Crippen molar-refractivity contribution in [3.63, 3.8) is 0 Å². The summed E-state index contributed by atoms with van der Waals surface area (Å²) < 4.78 is 8.64. The van der Waals surface area contributed by atoms with Crippen LogP contribution in [0.25, 0.3) is 21.0 Å². The lowest BCUT2D eigenvalue weighted by atomic mass is 10.2. The highest BCUT2D eigenvalue weighted by molar-refractivity contribution is 7.17. The molecule has 0 atom stereocenters.